The topological polar surface area (TPSA) is 116 Å². The SMILES string of the molecule is NC1(C(=O)O)CCCC(Oc2c(Br)cccc2[N+](=O)[O-])C1. The average Bonchev–Trinajstić information content (AvgIpc) is 2.40. The number of ether oxygens (including phenoxy) is 1. The molecule has 0 spiro atoms. The molecule has 0 radical (unpaired) electrons. The fourth-order valence-corrected chi connectivity index (χ4v) is 2.92. The molecule has 7 nitrogen and oxygen atoms in total. The molecule has 1 saturated carbocycles. The lowest BCUT2D eigenvalue weighted by atomic mass is 9.81. The number of para-hydroxylation sites is 1. The molecule has 2 rings (SSSR count). The largest absolute Gasteiger partial charge is 0.483 e. The van der Waals surface area contributed by atoms with E-state index in [-0.39, 0.29) is 17.9 Å². The Morgan fingerprint density at radius 3 is 2.90 bits per heavy atom. The van der Waals surface area contributed by atoms with Gasteiger partial charge in [0.15, 0.2) is 0 Å². The molecule has 2 atom stereocenters. The van der Waals surface area contributed by atoms with Crippen LogP contribution < -0.4 is 10.5 Å². The number of nitrogens with two attached hydrogens (primary N) is 1. The highest BCUT2D eigenvalue weighted by atomic mass is 79.9. The highest BCUT2D eigenvalue weighted by Gasteiger charge is 2.41. The molecule has 1 fully saturated rings. The molecule has 8 heteroatoms. The number of carbonyl (C=O) groups is 1. The van der Waals surface area contributed by atoms with Crippen molar-refractivity contribution in [3.63, 3.8) is 0 Å². The van der Waals surface area contributed by atoms with Gasteiger partial charge in [0.1, 0.15) is 11.6 Å². The van der Waals surface area contributed by atoms with Crippen molar-refractivity contribution in [3.05, 3.63) is 32.8 Å². The third-order valence-electron chi connectivity index (χ3n) is 3.59. The summed E-state index contributed by atoms with van der Waals surface area (Å²) < 4.78 is 6.15. The Kier molecular flexibility index (Phi) is 4.48. The third-order valence-corrected chi connectivity index (χ3v) is 4.22. The second-order valence-electron chi connectivity index (χ2n) is 5.14. The first-order valence-corrected chi connectivity index (χ1v) is 7.24. The average molecular weight is 359 g/mol. The van der Waals surface area contributed by atoms with Crippen molar-refractivity contribution in [1.82, 2.24) is 0 Å². The lowest BCUT2D eigenvalue weighted by Gasteiger charge is -2.34. The van der Waals surface area contributed by atoms with Crippen LogP contribution in [0.5, 0.6) is 5.75 Å². The van der Waals surface area contributed by atoms with Gasteiger partial charge in [-0.25, -0.2) is 0 Å². The molecule has 0 heterocycles. The van der Waals surface area contributed by atoms with E-state index in [0.29, 0.717) is 23.7 Å². The van der Waals surface area contributed by atoms with E-state index in [4.69, 9.17) is 10.5 Å². The molecule has 1 aromatic carbocycles. The number of benzene rings is 1. The molecule has 2 unspecified atom stereocenters. The van der Waals surface area contributed by atoms with Gasteiger partial charge in [-0.2, -0.15) is 0 Å². The Hall–Kier alpha value is -1.67. The predicted octanol–water partition coefficient (Wildman–Crippen LogP) is 2.46. The molecule has 0 saturated heterocycles. The number of hydrogen-bond acceptors (Lipinski definition) is 5. The Balaban J connectivity index is 2.23. The van der Waals surface area contributed by atoms with Crippen LogP contribution in [-0.2, 0) is 4.79 Å². The molecule has 1 aliphatic carbocycles. The van der Waals surface area contributed by atoms with Gasteiger partial charge in [-0.1, -0.05) is 6.07 Å². The number of halogens is 1. The van der Waals surface area contributed by atoms with E-state index in [9.17, 15) is 20.0 Å². The van der Waals surface area contributed by atoms with Crippen molar-refractivity contribution in [2.24, 2.45) is 5.73 Å². The number of nitro benzene ring substituents is 1. The molecule has 21 heavy (non-hydrogen) atoms. The monoisotopic (exact) mass is 358 g/mol. The van der Waals surface area contributed by atoms with Gasteiger partial charge in [-0.3, -0.25) is 14.9 Å². The summed E-state index contributed by atoms with van der Waals surface area (Å²) in [5, 5.41) is 20.2. The first-order chi connectivity index (χ1) is 9.83. The zero-order valence-electron chi connectivity index (χ0n) is 11.1. The van der Waals surface area contributed by atoms with Crippen LogP contribution in [0.15, 0.2) is 22.7 Å². The number of rotatable bonds is 4. The van der Waals surface area contributed by atoms with Crippen molar-refractivity contribution in [1.29, 1.82) is 0 Å². The zero-order valence-corrected chi connectivity index (χ0v) is 12.7. The Morgan fingerprint density at radius 2 is 2.29 bits per heavy atom. The molecule has 3 N–H and O–H groups in total. The van der Waals surface area contributed by atoms with Crippen molar-refractivity contribution in [2.75, 3.05) is 0 Å². The second kappa shape index (κ2) is 5.98. The number of carboxylic acids is 1. The minimum absolute atomic E-state index is 0.113. The first-order valence-electron chi connectivity index (χ1n) is 6.45. The fourth-order valence-electron chi connectivity index (χ4n) is 2.47. The van der Waals surface area contributed by atoms with Gasteiger partial charge in [0.25, 0.3) is 0 Å². The molecular formula is C13H15BrN2O5. The molecule has 0 aliphatic heterocycles. The third kappa shape index (κ3) is 3.33. The van der Waals surface area contributed by atoms with Crippen molar-refractivity contribution < 1.29 is 19.6 Å². The van der Waals surface area contributed by atoms with Crippen molar-refractivity contribution >= 4 is 27.6 Å². The van der Waals surface area contributed by atoms with E-state index >= 15 is 0 Å². The fraction of sp³-hybridized carbons (Fsp3) is 0.462. The highest BCUT2D eigenvalue weighted by molar-refractivity contribution is 9.10. The minimum Gasteiger partial charge on any atom is -0.483 e. The molecule has 0 amide bonds. The van der Waals surface area contributed by atoms with Crippen molar-refractivity contribution in [3.8, 4) is 5.75 Å². The molecular weight excluding hydrogens is 344 g/mol. The van der Waals surface area contributed by atoms with E-state index in [0.717, 1.165) is 0 Å². The maximum Gasteiger partial charge on any atom is 0.323 e. The Morgan fingerprint density at radius 1 is 1.57 bits per heavy atom. The summed E-state index contributed by atoms with van der Waals surface area (Å²) in [6.45, 7) is 0. The van der Waals surface area contributed by atoms with Crippen LogP contribution in [0.2, 0.25) is 0 Å². The van der Waals surface area contributed by atoms with Crippen LogP contribution in [0.4, 0.5) is 5.69 Å². The van der Waals surface area contributed by atoms with Crippen LogP contribution in [0.25, 0.3) is 0 Å². The molecule has 1 aliphatic rings. The summed E-state index contributed by atoms with van der Waals surface area (Å²) >= 11 is 3.22. The van der Waals surface area contributed by atoms with Gasteiger partial charge in [0.05, 0.1) is 9.40 Å². The van der Waals surface area contributed by atoms with Gasteiger partial charge < -0.3 is 15.6 Å². The summed E-state index contributed by atoms with van der Waals surface area (Å²) in [5.41, 5.74) is 4.36. The number of aliphatic carboxylic acids is 1. The zero-order chi connectivity index (χ0) is 15.6. The summed E-state index contributed by atoms with van der Waals surface area (Å²) in [6.07, 6.45) is 1.26. The van der Waals surface area contributed by atoms with Gasteiger partial charge >= 0.3 is 11.7 Å². The Labute approximate surface area is 129 Å². The van der Waals surface area contributed by atoms with Crippen LogP contribution in [-0.4, -0.2) is 27.6 Å². The number of carboxylic acid groups (broad SMARTS) is 1. The van der Waals surface area contributed by atoms with Crippen molar-refractivity contribution in [2.45, 2.75) is 37.3 Å². The minimum atomic E-state index is -1.33. The highest BCUT2D eigenvalue weighted by Crippen LogP contribution is 2.38. The lowest BCUT2D eigenvalue weighted by molar-refractivity contribution is -0.386. The normalized spacial score (nSPS) is 25.3. The van der Waals surface area contributed by atoms with E-state index in [1.807, 2.05) is 0 Å². The summed E-state index contributed by atoms with van der Waals surface area (Å²) in [6, 6.07) is 4.52. The molecule has 114 valence electrons. The van der Waals surface area contributed by atoms with Gasteiger partial charge in [0.2, 0.25) is 5.75 Å². The summed E-state index contributed by atoms with van der Waals surface area (Å²) in [5.74, 6) is -0.959. The van der Waals surface area contributed by atoms with Crippen LogP contribution in [0.3, 0.4) is 0 Å². The maximum atomic E-state index is 11.2. The summed E-state index contributed by atoms with van der Waals surface area (Å²) in [7, 11) is 0. The first kappa shape index (κ1) is 15.7. The molecule has 0 bridgehead atoms. The maximum absolute atomic E-state index is 11.2. The van der Waals surface area contributed by atoms with Gasteiger partial charge in [-0.05, 0) is 41.3 Å². The number of hydrogen-bond donors (Lipinski definition) is 2. The lowest BCUT2D eigenvalue weighted by Crippen LogP contribution is -2.53. The van der Waals surface area contributed by atoms with Crippen LogP contribution in [0.1, 0.15) is 25.7 Å². The smallest absolute Gasteiger partial charge is 0.323 e. The standard InChI is InChI=1S/C13H15BrN2O5/c14-9-4-1-5-10(16(19)20)11(9)21-8-3-2-6-13(15,7-8)12(17)18/h1,4-5,8H,2-3,6-7,15H2,(H,17,18). The Bertz CT molecular complexity index is 580. The van der Waals surface area contributed by atoms with E-state index in [1.54, 1.807) is 12.1 Å². The van der Waals surface area contributed by atoms with Gasteiger partial charge in [0, 0.05) is 12.5 Å². The number of nitrogens with zero attached hydrogens (tertiary/aromatic N) is 1. The van der Waals surface area contributed by atoms with E-state index in [2.05, 4.69) is 15.9 Å². The van der Waals surface area contributed by atoms with E-state index < -0.39 is 22.5 Å². The molecule has 0 aromatic heterocycles. The van der Waals surface area contributed by atoms with Crippen LogP contribution >= 0.6 is 15.9 Å². The van der Waals surface area contributed by atoms with Gasteiger partial charge in [-0.15, -0.1) is 0 Å². The number of nitro groups is 1. The molecule has 1 aromatic rings. The summed E-state index contributed by atoms with van der Waals surface area (Å²) in [4.78, 5) is 21.7. The van der Waals surface area contributed by atoms with E-state index in [1.165, 1.54) is 6.07 Å². The predicted molar refractivity (Wildman–Crippen MR) is 78.2 cm³/mol. The quantitative estimate of drug-likeness (QED) is 0.630. The second-order valence-corrected chi connectivity index (χ2v) is 6.00. The van der Waals surface area contributed by atoms with Crippen LogP contribution in [0, 0.1) is 10.1 Å².